The Morgan fingerprint density at radius 2 is 1.95 bits per heavy atom. The van der Waals surface area contributed by atoms with Gasteiger partial charge in [-0.25, -0.2) is 0 Å². The molecule has 0 amide bonds. The lowest BCUT2D eigenvalue weighted by Gasteiger charge is -2.26. The molecule has 1 fully saturated rings. The number of hydrogen-bond acceptors (Lipinski definition) is 4. The van der Waals surface area contributed by atoms with Gasteiger partial charge in [0.15, 0.2) is 0 Å². The number of hydrogen-bond donors (Lipinski definition) is 1. The first kappa shape index (κ1) is 21.0. The smallest absolute Gasteiger partial charge is 0.148 e. The Bertz CT molecular complexity index is 446. The summed E-state index contributed by atoms with van der Waals surface area (Å²) in [6.45, 7) is 6.88. The third kappa shape index (κ3) is 7.35. The zero-order valence-corrected chi connectivity index (χ0v) is 14.3. The van der Waals surface area contributed by atoms with E-state index in [9.17, 15) is 0 Å². The Morgan fingerprint density at radius 3 is 2.68 bits per heavy atom. The molecule has 22 heavy (non-hydrogen) atoms. The Morgan fingerprint density at radius 1 is 1.23 bits per heavy atom. The molecule has 2 rings (SSSR count). The molecule has 0 unspecified atom stereocenters. The van der Waals surface area contributed by atoms with Crippen molar-refractivity contribution < 1.29 is 9.47 Å². The van der Waals surface area contributed by atoms with Gasteiger partial charge in [-0.15, -0.1) is 31.2 Å². The van der Waals surface area contributed by atoms with Crippen LogP contribution in [0.25, 0.3) is 0 Å². The van der Waals surface area contributed by atoms with E-state index >= 15 is 0 Å². The third-order valence-electron chi connectivity index (χ3n) is 3.31. The molecule has 1 aromatic carbocycles. The van der Waals surface area contributed by atoms with E-state index in [1.165, 1.54) is 0 Å². The van der Waals surface area contributed by atoms with Gasteiger partial charge in [-0.3, -0.25) is 4.90 Å². The van der Waals surface area contributed by atoms with Crippen molar-refractivity contribution in [1.82, 2.24) is 10.2 Å². The zero-order chi connectivity index (χ0) is 14.0. The second-order valence-corrected chi connectivity index (χ2v) is 4.73. The summed E-state index contributed by atoms with van der Waals surface area (Å²) in [5.74, 6) is 3.36. The first-order chi connectivity index (χ1) is 9.90. The molecule has 1 aromatic rings. The molecule has 0 bridgehead atoms. The summed E-state index contributed by atoms with van der Waals surface area (Å²) >= 11 is 0. The lowest BCUT2D eigenvalue weighted by Crippen LogP contribution is -2.40. The van der Waals surface area contributed by atoms with Gasteiger partial charge < -0.3 is 14.8 Å². The summed E-state index contributed by atoms with van der Waals surface area (Å²) in [6, 6.07) is 7.99. The van der Waals surface area contributed by atoms with Crippen LogP contribution in [0.5, 0.6) is 5.75 Å². The van der Waals surface area contributed by atoms with Crippen molar-refractivity contribution >= 4 is 24.8 Å². The Balaban J connectivity index is 0.00000220. The van der Waals surface area contributed by atoms with Crippen LogP contribution in [-0.2, 0) is 11.3 Å². The number of ether oxygens (including phenoxy) is 2. The van der Waals surface area contributed by atoms with Gasteiger partial charge in [-0.2, -0.15) is 0 Å². The standard InChI is InChI=1S/C16H22N2O2.2ClH/c1-2-11-20-16-6-4-3-5-15(16)14-17-7-8-18-9-12-19-13-10-18;;/h1,3-6,17H,7-14H2;2*1H. The lowest BCUT2D eigenvalue weighted by molar-refractivity contribution is 0.0384. The molecule has 0 aliphatic carbocycles. The molecular formula is C16H24Cl2N2O2. The third-order valence-corrected chi connectivity index (χ3v) is 3.31. The summed E-state index contributed by atoms with van der Waals surface area (Å²) in [5, 5.41) is 3.45. The predicted octanol–water partition coefficient (Wildman–Crippen LogP) is 1.96. The van der Waals surface area contributed by atoms with Crippen LogP contribution in [0.1, 0.15) is 5.56 Å². The molecule has 1 aliphatic heterocycles. The summed E-state index contributed by atoms with van der Waals surface area (Å²) in [6.07, 6.45) is 5.22. The van der Waals surface area contributed by atoms with Crippen molar-refractivity contribution in [2.75, 3.05) is 46.0 Å². The molecule has 0 saturated carbocycles. The first-order valence-electron chi connectivity index (χ1n) is 7.05. The van der Waals surface area contributed by atoms with Crippen LogP contribution in [-0.4, -0.2) is 50.9 Å². The van der Waals surface area contributed by atoms with E-state index < -0.39 is 0 Å². The van der Waals surface area contributed by atoms with Crippen LogP contribution in [0.4, 0.5) is 0 Å². The number of morpholine rings is 1. The van der Waals surface area contributed by atoms with Crippen molar-refractivity contribution in [3.05, 3.63) is 29.8 Å². The molecule has 0 radical (unpaired) electrons. The van der Waals surface area contributed by atoms with Crippen LogP contribution in [0.2, 0.25) is 0 Å². The summed E-state index contributed by atoms with van der Waals surface area (Å²) < 4.78 is 10.9. The van der Waals surface area contributed by atoms with Gasteiger partial charge in [0.25, 0.3) is 0 Å². The highest BCUT2D eigenvalue weighted by Gasteiger charge is 2.09. The highest BCUT2D eigenvalue weighted by Crippen LogP contribution is 2.17. The molecule has 124 valence electrons. The lowest BCUT2D eigenvalue weighted by atomic mass is 10.2. The number of nitrogens with zero attached hydrogens (tertiary/aromatic N) is 1. The van der Waals surface area contributed by atoms with Gasteiger partial charge in [0.05, 0.1) is 13.2 Å². The van der Waals surface area contributed by atoms with Crippen LogP contribution in [0.15, 0.2) is 24.3 Å². The van der Waals surface area contributed by atoms with Gasteiger partial charge in [-0.05, 0) is 6.07 Å². The summed E-state index contributed by atoms with van der Waals surface area (Å²) in [5.41, 5.74) is 1.14. The molecule has 6 heteroatoms. The van der Waals surface area contributed by atoms with Crippen LogP contribution in [0.3, 0.4) is 0 Å². The Labute approximate surface area is 145 Å². The molecule has 1 saturated heterocycles. The maximum Gasteiger partial charge on any atom is 0.148 e. The van der Waals surface area contributed by atoms with Crippen molar-refractivity contribution in [3.8, 4) is 18.1 Å². The van der Waals surface area contributed by atoms with Gasteiger partial charge >= 0.3 is 0 Å². The SMILES string of the molecule is C#CCOc1ccccc1CNCCN1CCOCC1.Cl.Cl. The number of halogens is 2. The molecule has 0 atom stereocenters. The van der Waals surface area contributed by atoms with E-state index in [-0.39, 0.29) is 24.8 Å². The minimum atomic E-state index is 0. The monoisotopic (exact) mass is 346 g/mol. The minimum Gasteiger partial charge on any atom is -0.481 e. The second kappa shape index (κ2) is 12.6. The number of rotatable bonds is 7. The number of para-hydroxylation sites is 1. The predicted molar refractivity (Wildman–Crippen MR) is 94.2 cm³/mol. The topological polar surface area (TPSA) is 33.7 Å². The van der Waals surface area contributed by atoms with E-state index in [1.807, 2.05) is 18.2 Å². The second-order valence-electron chi connectivity index (χ2n) is 4.73. The Hall–Kier alpha value is -0.960. The fourth-order valence-corrected chi connectivity index (χ4v) is 2.20. The van der Waals surface area contributed by atoms with Crippen molar-refractivity contribution in [2.45, 2.75) is 6.54 Å². The normalized spacial score (nSPS) is 14.3. The number of terminal acetylenes is 1. The van der Waals surface area contributed by atoms with Gasteiger partial charge in [-0.1, -0.05) is 24.1 Å². The molecule has 1 heterocycles. The van der Waals surface area contributed by atoms with Crippen LogP contribution >= 0.6 is 24.8 Å². The van der Waals surface area contributed by atoms with Gasteiger partial charge in [0.2, 0.25) is 0 Å². The Kier molecular flexibility index (Phi) is 12.0. The summed E-state index contributed by atoms with van der Waals surface area (Å²) in [7, 11) is 0. The van der Waals surface area contributed by atoms with Crippen molar-refractivity contribution in [3.63, 3.8) is 0 Å². The van der Waals surface area contributed by atoms with E-state index in [4.69, 9.17) is 15.9 Å². The molecule has 4 nitrogen and oxygen atoms in total. The molecule has 1 aliphatic rings. The highest BCUT2D eigenvalue weighted by molar-refractivity contribution is 5.85. The molecule has 1 N–H and O–H groups in total. The maximum atomic E-state index is 5.53. The minimum absolute atomic E-state index is 0. The molecule has 0 aromatic heterocycles. The molecule has 0 spiro atoms. The fraction of sp³-hybridized carbons (Fsp3) is 0.500. The molecular weight excluding hydrogens is 323 g/mol. The van der Waals surface area contributed by atoms with Crippen LogP contribution in [0, 0.1) is 12.3 Å². The summed E-state index contributed by atoms with van der Waals surface area (Å²) in [4.78, 5) is 2.41. The van der Waals surface area contributed by atoms with E-state index in [2.05, 4.69) is 22.2 Å². The average molecular weight is 347 g/mol. The number of nitrogens with one attached hydrogen (secondary N) is 1. The quantitative estimate of drug-likeness (QED) is 0.604. The van der Waals surface area contributed by atoms with E-state index in [1.54, 1.807) is 0 Å². The first-order valence-corrected chi connectivity index (χ1v) is 7.05. The van der Waals surface area contributed by atoms with E-state index in [0.717, 1.165) is 57.3 Å². The van der Waals surface area contributed by atoms with Gasteiger partial charge in [0.1, 0.15) is 12.4 Å². The van der Waals surface area contributed by atoms with Gasteiger partial charge in [0, 0.05) is 38.3 Å². The largest absolute Gasteiger partial charge is 0.481 e. The van der Waals surface area contributed by atoms with Crippen molar-refractivity contribution in [1.29, 1.82) is 0 Å². The van der Waals surface area contributed by atoms with E-state index in [0.29, 0.717) is 6.61 Å². The highest BCUT2D eigenvalue weighted by atomic mass is 35.5. The van der Waals surface area contributed by atoms with Crippen LogP contribution < -0.4 is 10.1 Å². The maximum absolute atomic E-state index is 5.53. The van der Waals surface area contributed by atoms with Crippen molar-refractivity contribution in [2.24, 2.45) is 0 Å². The zero-order valence-electron chi connectivity index (χ0n) is 12.6. The average Bonchev–Trinajstić information content (AvgIpc) is 2.51. The number of benzene rings is 1. The fourth-order valence-electron chi connectivity index (χ4n) is 2.20.